The zero-order valence-electron chi connectivity index (χ0n) is 22.2. The van der Waals surface area contributed by atoms with E-state index in [4.69, 9.17) is 4.74 Å². The van der Waals surface area contributed by atoms with Crippen LogP contribution in [0, 0.1) is 20.8 Å². The van der Waals surface area contributed by atoms with Crippen LogP contribution in [0.2, 0.25) is 0 Å². The molecule has 0 aromatic heterocycles. The number of anilines is 1. The molecule has 0 saturated heterocycles. The standard InChI is InChI=1S/C31H31N3O4S/c1-23-13-17-29(18-14-23)39(36,37)34(28-16-15-24(2)25(3)19-28)21-31(35)33-32-20-27-11-7-8-12-30(27)38-22-26-9-5-4-6-10-26/h4-20H,21-22H2,1-3H3,(H,33,35)/b32-20-. The molecule has 4 aromatic rings. The van der Waals surface area contributed by atoms with Crippen molar-refractivity contribution in [1.29, 1.82) is 0 Å². The van der Waals surface area contributed by atoms with Crippen LogP contribution in [0.3, 0.4) is 0 Å². The van der Waals surface area contributed by atoms with Crippen molar-refractivity contribution in [2.75, 3.05) is 10.8 Å². The van der Waals surface area contributed by atoms with Gasteiger partial charge in [0.05, 0.1) is 16.8 Å². The number of sulfonamides is 1. The summed E-state index contributed by atoms with van der Waals surface area (Å²) >= 11 is 0. The molecule has 0 saturated carbocycles. The first kappa shape index (κ1) is 27.6. The number of carbonyl (C=O) groups is 1. The van der Waals surface area contributed by atoms with Gasteiger partial charge in [-0.25, -0.2) is 13.8 Å². The number of benzene rings is 4. The molecular formula is C31H31N3O4S. The average molecular weight is 542 g/mol. The molecule has 4 rings (SSSR count). The second-order valence-corrected chi connectivity index (χ2v) is 11.1. The minimum atomic E-state index is -4.01. The van der Waals surface area contributed by atoms with Gasteiger partial charge < -0.3 is 4.74 Å². The third kappa shape index (κ3) is 7.12. The number of carbonyl (C=O) groups excluding carboxylic acids is 1. The fourth-order valence-corrected chi connectivity index (χ4v) is 5.24. The Bertz CT molecular complexity index is 1570. The van der Waals surface area contributed by atoms with Gasteiger partial charge in [0.15, 0.2) is 0 Å². The summed E-state index contributed by atoms with van der Waals surface area (Å²) in [4.78, 5) is 13.0. The Labute approximate surface area is 229 Å². The Kier molecular flexibility index (Phi) is 8.78. The maximum Gasteiger partial charge on any atom is 0.264 e. The highest BCUT2D eigenvalue weighted by Crippen LogP contribution is 2.26. The Hall–Kier alpha value is -4.43. The number of amides is 1. The van der Waals surface area contributed by atoms with Crippen molar-refractivity contribution in [3.05, 3.63) is 125 Å². The summed E-state index contributed by atoms with van der Waals surface area (Å²) in [6, 6.07) is 29.0. The molecule has 1 amide bonds. The fourth-order valence-electron chi connectivity index (χ4n) is 3.83. The summed E-state index contributed by atoms with van der Waals surface area (Å²) in [5.41, 5.74) is 7.44. The van der Waals surface area contributed by atoms with Gasteiger partial charge in [-0.3, -0.25) is 9.10 Å². The van der Waals surface area contributed by atoms with E-state index in [1.54, 1.807) is 36.4 Å². The van der Waals surface area contributed by atoms with Crippen molar-refractivity contribution in [1.82, 2.24) is 5.43 Å². The maximum absolute atomic E-state index is 13.6. The second-order valence-electron chi connectivity index (χ2n) is 9.20. The number of para-hydroxylation sites is 1. The van der Waals surface area contributed by atoms with E-state index in [0.29, 0.717) is 23.6 Å². The minimum absolute atomic E-state index is 0.104. The first-order chi connectivity index (χ1) is 18.7. The van der Waals surface area contributed by atoms with Crippen molar-refractivity contribution < 1.29 is 17.9 Å². The number of nitrogens with one attached hydrogen (secondary N) is 1. The quantitative estimate of drug-likeness (QED) is 0.211. The zero-order valence-corrected chi connectivity index (χ0v) is 23.0. The van der Waals surface area contributed by atoms with Gasteiger partial charge in [0.1, 0.15) is 18.9 Å². The second kappa shape index (κ2) is 12.4. The molecule has 7 nitrogen and oxygen atoms in total. The highest BCUT2D eigenvalue weighted by atomic mass is 32.2. The summed E-state index contributed by atoms with van der Waals surface area (Å²) in [7, 11) is -4.01. The normalized spacial score (nSPS) is 11.4. The van der Waals surface area contributed by atoms with Gasteiger partial charge >= 0.3 is 0 Å². The lowest BCUT2D eigenvalue weighted by Crippen LogP contribution is -2.39. The lowest BCUT2D eigenvalue weighted by atomic mass is 10.1. The van der Waals surface area contributed by atoms with E-state index in [9.17, 15) is 13.2 Å². The van der Waals surface area contributed by atoms with Crippen LogP contribution < -0.4 is 14.5 Å². The molecule has 0 aliphatic heterocycles. The molecule has 0 fully saturated rings. The van der Waals surface area contributed by atoms with Crippen LogP contribution in [-0.2, 0) is 21.4 Å². The molecule has 0 aliphatic rings. The molecule has 0 aliphatic carbocycles. The molecule has 0 heterocycles. The number of hydrogen-bond acceptors (Lipinski definition) is 5. The summed E-state index contributed by atoms with van der Waals surface area (Å²) in [6.45, 7) is 5.67. The molecular weight excluding hydrogens is 510 g/mol. The number of hydrazone groups is 1. The molecule has 0 unspecified atom stereocenters. The Morgan fingerprint density at radius 3 is 2.28 bits per heavy atom. The van der Waals surface area contributed by atoms with Crippen LogP contribution in [0.4, 0.5) is 5.69 Å². The topological polar surface area (TPSA) is 88.1 Å². The molecule has 0 atom stereocenters. The van der Waals surface area contributed by atoms with Crippen LogP contribution in [0.25, 0.3) is 0 Å². The highest BCUT2D eigenvalue weighted by Gasteiger charge is 2.27. The van der Waals surface area contributed by atoms with Crippen molar-refractivity contribution in [3.8, 4) is 5.75 Å². The van der Waals surface area contributed by atoms with Crippen LogP contribution in [0.15, 0.2) is 107 Å². The van der Waals surface area contributed by atoms with Crippen LogP contribution in [0.1, 0.15) is 27.8 Å². The van der Waals surface area contributed by atoms with Crippen molar-refractivity contribution in [3.63, 3.8) is 0 Å². The zero-order chi connectivity index (χ0) is 27.8. The molecule has 0 spiro atoms. The maximum atomic E-state index is 13.6. The van der Waals surface area contributed by atoms with Gasteiger partial charge in [-0.2, -0.15) is 5.10 Å². The summed E-state index contributed by atoms with van der Waals surface area (Å²) in [5.74, 6) is 0.0286. The molecule has 39 heavy (non-hydrogen) atoms. The molecule has 200 valence electrons. The average Bonchev–Trinajstić information content (AvgIpc) is 2.93. The lowest BCUT2D eigenvalue weighted by Gasteiger charge is -2.24. The van der Waals surface area contributed by atoms with Gasteiger partial charge in [-0.15, -0.1) is 0 Å². The predicted molar refractivity (Wildman–Crippen MR) is 155 cm³/mol. The third-order valence-electron chi connectivity index (χ3n) is 6.22. The Morgan fingerprint density at radius 1 is 0.872 bits per heavy atom. The van der Waals surface area contributed by atoms with Crippen LogP contribution in [0.5, 0.6) is 5.75 Å². The monoisotopic (exact) mass is 541 g/mol. The number of ether oxygens (including phenoxy) is 1. The Balaban J connectivity index is 1.51. The molecule has 8 heteroatoms. The van der Waals surface area contributed by atoms with E-state index in [-0.39, 0.29) is 4.90 Å². The highest BCUT2D eigenvalue weighted by molar-refractivity contribution is 7.92. The van der Waals surface area contributed by atoms with Crippen molar-refractivity contribution in [2.45, 2.75) is 32.3 Å². The van der Waals surface area contributed by atoms with Gasteiger partial charge in [-0.05, 0) is 73.9 Å². The van der Waals surface area contributed by atoms with Gasteiger partial charge in [0.25, 0.3) is 15.9 Å². The summed E-state index contributed by atoms with van der Waals surface area (Å²) in [6.07, 6.45) is 1.48. The largest absolute Gasteiger partial charge is 0.488 e. The van der Waals surface area contributed by atoms with E-state index in [0.717, 1.165) is 26.6 Å². The summed E-state index contributed by atoms with van der Waals surface area (Å²) < 4.78 is 34.2. The Morgan fingerprint density at radius 2 is 1.56 bits per heavy atom. The molecule has 1 N–H and O–H groups in total. The van der Waals surface area contributed by atoms with Gasteiger partial charge in [0.2, 0.25) is 0 Å². The van der Waals surface area contributed by atoms with E-state index in [1.807, 2.05) is 81.4 Å². The van der Waals surface area contributed by atoms with Crippen LogP contribution >= 0.6 is 0 Å². The fraction of sp³-hybridized carbons (Fsp3) is 0.161. The molecule has 0 bridgehead atoms. The number of hydrogen-bond donors (Lipinski definition) is 1. The van der Waals surface area contributed by atoms with Crippen molar-refractivity contribution >= 4 is 27.8 Å². The van der Waals surface area contributed by atoms with E-state index in [1.165, 1.54) is 6.21 Å². The lowest BCUT2D eigenvalue weighted by molar-refractivity contribution is -0.119. The first-order valence-corrected chi connectivity index (χ1v) is 13.9. The van der Waals surface area contributed by atoms with E-state index >= 15 is 0 Å². The number of nitrogens with zero attached hydrogens (tertiary/aromatic N) is 2. The van der Waals surface area contributed by atoms with Crippen LogP contribution in [-0.4, -0.2) is 27.1 Å². The predicted octanol–water partition coefficient (Wildman–Crippen LogP) is 5.54. The minimum Gasteiger partial charge on any atom is -0.488 e. The summed E-state index contributed by atoms with van der Waals surface area (Å²) in [5, 5.41) is 4.08. The van der Waals surface area contributed by atoms with Crippen molar-refractivity contribution in [2.24, 2.45) is 5.10 Å². The SMILES string of the molecule is Cc1ccc(S(=O)(=O)N(CC(=O)N/N=C\c2ccccc2OCc2ccccc2)c2ccc(C)c(C)c2)cc1. The number of rotatable bonds is 10. The van der Waals surface area contributed by atoms with Gasteiger partial charge in [0, 0.05) is 5.56 Å². The number of aryl methyl sites for hydroxylation is 3. The first-order valence-electron chi connectivity index (χ1n) is 12.5. The third-order valence-corrected chi connectivity index (χ3v) is 8.01. The van der Waals surface area contributed by atoms with E-state index in [2.05, 4.69) is 10.5 Å². The molecule has 4 aromatic carbocycles. The smallest absolute Gasteiger partial charge is 0.264 e. The molecule has 0 radical (unpaired) electrons. The van der Waals surface area contributed by atoms with E-state index < -0.39 is 22.5 Å². The van der Waals surface area contributed by atoms with Gasteiger partial charge in [-0.1, -0.05) is 66.2 Å².